The molecule has 7 heteroatoms. The van der Waals surface area contributed by atoms with E-state index in [0.29, 0.717) is 12.0 Å². The summed E-state index contributed by atoms with van der Waals surface area (Å²) < 4.78 is 4.75. The molecule has 2 amide bonds. The van der Waals surface area contributed by atoms with Gasteiger partial charge < -0.3 is 10.6 Å². The molecule has 1 saturated carbocycles. The highest BCUT2D eigenvalue weighted by atomic mass is 16.6. The van der Waals surface area contributed by atoms with Crippen LogP contribution in [0.15, 0.2) is 22.8 Å². The molecule has 1 saturated heterocycles. The maximum absolute atomic E-state index is 12.0. The lowest BCUT2D eigenvalue weighted by molar-refractivity contribution is 0.234. The van der Waals surface area contributed by atoms with E-state index in [0.717, 1.165) is 56.5 Å². The van der Waals surface area contributed by atoms with Gasteiger partial charge >= 0.3 is 6.03 Å². The molecule has 2 aliphatic rings. The molecule has 1 aromatic carbocycles. The van der Waals surface area contributed by atoms with E-state index in [1.165, 1.54) is 18.4 Å². The summed E-state index contributed by atoms with van der Waals surface area (Å²) in [6.45, 7) is 3.72. The number of benzene rings is 1. The number of rotatable bonds is 5. The smallest absolute Gasteiger partial charge is 0.315 e. The van der Waals surface area contributed by atoms with E-state index in [4.69, 9.17) is 4.63 Å². The Morgan fingerprint density at radius 1 is 1.20 bits per heavy atom. The second-order valence-corrected chi connectivity index (χ2v) is 7.31. The van der Waals surface area contributed by atoms with Crippen LogP contribution in [-0.2, 0) is 6.54 Å². The molecule has 1 aliphatic heterocycles. The van der Waals surface area contributed by atoms with Crippen molar-refractivity contribution in [1.82, 2.24) is 25.8 Å². The van der Waals surface area contributed by atoms with Crippen molar-refractivity contribution in [1.29, 1.82) is 0 Å². The van der Waals surface area contributed by atoms with Crippen LogP contribution in [-0.4, -0.2) is 46.9 Å². The van der Waals surface area contributed by atoms with E-state index in [2.05, 4.69) is 31.9 Å². The maximum Gasteiger partial charge on any atom is 0.315 e. The van der Waals surface area contributed by atoms with Crippen LogP contribution in [0.1, 0.15) is 37.7 Å². The van der Waals surface area contributed by atoms with E-state index < -0.39 is 0 Å². The fraction of sp³-hybridized carbons (Fsp3) is 0.611. The van der Waals surface area contributed by atoms with Crippen LogP contribution in [0.2, 0.25) is 0 Å². The van der Waals surface area contributed by atoms with Gasteiger partial charge in [-0.15, -0.1) is 0 Å². The zero-order valence-electron chi connectivity index (χ0n) is 14.4. The highest BCUT2D eigenvalue weighted by molar-refractivity contribution is 5.74. The number of nitrogens with one attached hydrogen (secondary N) is 2. The highest BCUT2D eigenvalue weighted by Gasteiger charge is 2.24. The molecule has 0 radical (unpaired) electrons. The zero-order chi connectivity index (χ0) is 17.1. The summed E-state index contributed by atoms with van der Waals surface area (Å²) in [6.07, 6.45) is 5.83. The molecule has 25 heavy (non-hydrogen) atoms. The first-order valence-electron chi connectivity index (χ1n) is 9.24. The third-order valence-corrected chi connectivity index (χ3v) is 5.34. The van der Waals surface area contributed by atoms with E-state index in [9.17, 15) is 4.79 Å². The van der Waals surface area contributed by atoms with Gasteiger partial charge in [0.1, 0.15) is 11.0 Å². The van der Waals surface area contributed by atoms with Gasteiger partial charge in [-0.25, -0.2) is 9.42 Å². The Hall–Kier alpha value is -2.15. The number of fused-ring (bicyclic) bond motifs is 1. The highest BCUT2D eigenvalue weighted by Crippen LogP contribution is 2.20. The van der Waals surface area contributed by atoms with Crippen molar-refractivity contribution in [3.05, 3.63) is 23.8 Å². The van der Waals surface area contributed by atoms with Crippen LogP contribution in [0, 0.1) is 5.92 Å². The lowest BCUT2D eigenvalue weighted by Crippen LogP contribution is -2.42. The van der Waals surface area contributed by atoms with Gasteiger partial charge in [0, 0.05) is 25.7 Å². The number of nitrogens with zero attached hydrogens (tertiary/aromatic N) is 3. The van der Waals surface area contributed by atoms with E-state index in [1.54, 1.807) is 0 Å². The lowest BCUT2D eigenvalue weighted by atomic mass is 10.1. The number of aromatic nitrogens is 2. The van der Waals surface area contributed by atoms with E-state index in [1.807, 2.05) is 12.1 Å². The third kappa shape index (κ3) is 4.10. The summed E-state index contributed by atoms with van der Waals surface area (Å²) in [5, 5.41) is 13.9. The Labute approximate surface area is 147 Å². The summed E-state index contributed by atoms with van der Waals surface area (Å²) >= 11 is 0. The number of urea groups is 1. The van der Waals surface area contributed by atoms with Gasteiger partial charge in [0.05, 0.1) is 0 Å². The number of hydrogen-bond acceptors (Lipinski definition) is 5. The molecular formula is C18H25N5O2. The first kappa shape index (κ1) is 16.3. The van der Waals surface area contributed by atoms with Crippen molar-refractivity contribution < 1.29 is 9.42 Å². The fourth-order valence-electron chi connectivity index (χ4n) is 3.95. The number of amides is 2. The Kier molecular flexibility index (Phi) is 4.83. The molecule has 1 atom stereocenters. The molecule has 0 unspecified atom stereocenters. The summed E-state index contributed by atoms with van der Waals surface area (Å²) in [6, 6.07) is 6.43. The van der Waals surface area contributed by atoms with Gasteiger partial charge in [0.2, 0.25) is 0 Å². The fourth-order valence-corrected chi connectivity index (χ4v) is 3.95. The van der Waals surface area contributed by atoms with Crippen LogP contribution in [0.25, 0.3) is 11.0 Å². The van der Waals surface area contributed by atoms with Crippen molar-refractivity contribution in [3.8, 4) is 0 Å². The van der Waals surface area contributed by atoms with Gasteiger partial charge in [-0.05, 0) is 59.7 Å². The molecule has 0 bridgehead atoms. The van der Waals surface area contributed by atoms with Gasteiger partial charge in [-0.2, -0.15) is 0 Å². The van der Waals surface area contributed by atoms with Gasteiger partial charge in [-0.3, -0.25) is 4.90 Å². The van der Waals surface area contributed by atoms with Crippen molar-refractivity contribution in [3.63, 3.8) is 0 Å². The minimum atomic E-state index is -0.00525. The summed E-state index contributed by atoms with van der Waals surface area (Å²) in [5.41, 5.74) is 2.81. The van der Waals surface area contributed by atoms with Crippen LogP contribution in [0.3, 0.4) is 0 Å². The number of hydrogen-bond donors (Lipinski definition) is 2. The molecule has 0 spiro atoms. The van der Waals surface area contributed by atoms with Gasteiger partial charge in [0.25, 0.3) is 0 Å². The number of carbonyl (C=O) groups is 1. The van der Waals surface area contributed by atoms with E-state index >= 15 is 0 Å². The van der Waals surface area contributed by atoms with Gasteiger partial charge in [0.15, 0.2) is 0 Å². The summed E-state index contributed by atoms with van der Waals surface area (Å²) in [4.78, 5) is 14.4. The second kappa shape index (κ2) is 7.39. The van der Waals surface area contributed by atoms with Crippen LogP contribution in [0.5, 0.6) is 0 Å². The summed E-state index contributed by atoms with van der Waals surface area (Å²) in [7, 11) is 0. The first-order valence-corrected chi connectivity index (χ1v) is 9.24. The van der Waals surface area contributed by atoms with Gasteiger partial charge in [-0.1, -0.05) is 18.9 Å². The SMILES string of the molecule is O=C(NC[C@@H]1CCN(Cc2ccc3nonc3c2)C1)NC1CCCC1. The quantitative estimate of drug-likeness (QED) is 0.870. The minimum absolute atomic E-state index is 0.00525. The van der Waals surface area contributed by atoms with E-state index in [-0.39, 0.29) is 6.03 Å². The lowest BCUT2D eigenvalue weighted by Gasteiger charge is -2.17. The standard InChI is InChI=1S/C18H25N5O2/c24-18(20-15-3-1-2-4-15)19-10-14-7-8-23(12-14)11-13-5-6-16-17(9-13)22-25-21-16/h5-6,9,14-15H,1-4,7-8,10-12H2,(H2,19,20,24)/t14-/m0/s1. The monoisotopic (exact) mass is 343 g/mol. The molecule has 4 rings (SSSR count). The second-order valence-electron chi connectivity index (χ2n) is 7.31. The number of likely N-dealkylation sites (tertiary alicyclic amines) is 1. The molecular weight excluding hydrogens is 318 g/mol. The van der Waals surface area contributed by atoms with Crippen LogP contribution < -0.4 is 10.6 Å². The third-order valence-electron chi connectivity index (χ3n) is 5.34. The molecule has 1 aliphatic carbocycles. The molecule has 134 valence electrons. The molecule has 7 nitrogen and oxygen atoms in total. The molecule has 1 aromatic heterocycles. The van der Waals surface area contributed by atoms with Crippen LogP contribution in [0.4, 0.5) is 4.79 Å². The predicted molar refractivity (Wildman–Crippen MR) is 94.0 cm³/mol. The Bertz CT molecular complexity index is 725. The average molecular weight is 343 g/mol. The zero-order valence-corrected chi connectivity index (χ0v) is 14.4. The van der Waals surface area contributed by atoms with Crippen molar-refractivity contribution >= 4 is 17.1 Å². The normalized spacial score (nSPS) is 21.8. The van der Waals surface area contributed by atoms with Crippen molar-refractivity contribution in [2.45, 2.75) is 44.7 Å². The summed E-state index contributed by atoms with van der Waals surface area (Å²) in [5.74, 6) is 0.520. The maximum atomic E-state index is 12.0. The molecule has 2 N–H and O–H groups in total. The Morgan fingerprint density at radius 2 is 2.04 bits per heavy atom. The Morgan fingerprint density at radius 3 is 2.92 bits per heavy atom. The minimum Gasteiger partial charge on any atom is -0.338 e. The number of carbonyl (C=O) groups excluding carboxylic acids is 1. The molecule has 2 fully saturated rings. The molecule has 2 heterocycles. The predicted octanol–water partition coefficient (Wildman–Crippen LogP) is 2.29. The topological polar surface area (TPSA) is 83.3 Å². The Balaban J connectivity index is 1.21. The average Bonchev–Trinajstić information content (AvgIpc) is 3.34. The first-order chi connectivity index (χ1) is 12.3. The van der Waals surface area contributed by atoms with Crippen LogP contribution >= 0.6 is 0 Å². The largest absolute Gasteiger partial charge is 0.338 e. The molecule has 2 aromatic rings. The van der Waals surface area contributed by atoms with Crippen molar-refractivity contribution in [2.75, 3.05) is 19.6 Å². The van der Waals surface area contributed by atoms with Crippen molar-refractivity contribution in [2.24, 2.45) is 5.92 Å².